The van der Waals surface area contributed by atoms with Gasteiger partial charge in [-0.05, 0) is 37.3 Å². The highest BCUT2D eigenvalue weighted by Crippen LogP contribution is 2.22. The van der Waals surface area contributed by atoms with Crippen LogP contribution < -0.4 is 10.7 Å². The van der Waals surface area contributed by atoms with Crippen molar-refractivity contribution >= 4 is 52.4 Å². The number of thiocarbonyl (C=S) groups is 1. The summed E-state index contributed by atoms with van der Waals surface area (Å²) < 4.78 is 0. The van der Waals surface area contributed by atoms with Crippen molar-refractivity contribution in [2.24, 2.45) is 5.10 Å². The quantitative estimate of drug-likeness (QED) is 0.488. The maximum absolute atomic E-state index is 5.82. The van der Waals surface area contributed by atoms with Gasteiger partial charge in [0.1, 0.15) is 0 Å². The molecule has 0 saturated heterocycles. The number of rotatable bonds is 2. The first kappa shape index (κ1) is 12.2. The summed E-state index contributed by atoms with van der Waals surface area (Å²) in [5.41, 5.74) is 3.34. The highest BCUT2D eigenvalue weighted by molar-refractivity contribution is 7.80. The third-order valence-electron chi connectivity index (χ3n) is 1.42. The molecule has 1 aromatic rings. The molecule has 0 aliphatic rings. The number of hydrazone groups is 1. The Morgan fingerprint density at radius 1 is 1.33 bits per heavy atom. The molecule has 0 saturated carbocycles. The number of nitrogens with one attached hydrogen (secondary N) is 2. The first-order valence-electron chi connectivity index (χ1n) is 4.12. The van der Waals surface area contributed by atoms with Crippen molar-refractivity contribution in [3.05, 3.63) is 28.2 Å². The van der Waals surface area contributed by atoms with Crippen molar-refractivity contribution in [1.82, 2.24) is 5.43 Å². The molecule has 0 amide bonds. The predicted molar refractivity (Wildman–Crippen MR) is 70.0 cm³/mol. The average Bonchev–Trinajstić information content (AvgIpc) is 2.13. The molecule has 6 heteroatoms. The SMILES string of the molecule is C/C=N/NC(=S)Nc1cc(Cl)cc(Cl)c1. The number of benzene rings is 1. The molecule has 0 unspecified atom stereocenters. The first-order chi connectivity index (χ1) is 7.11. The van der Waals surface area contributed by atoms with Gasteiger partial charge in [-0.15, -0.1) is 0 Å². The van der Waals surface area contributed by atoms with E-state index in [9.17, 15) is 0 Å². The topological polar surface area (TPSA) is 36.4 Å². The third-order valence-corrected chi connectivity index (χ3v) is 2.05. The van der Waals surface area contributed by atoms with E-state index in [1.165, 1.54) is 0 Å². The fourth-order valence-electron chi connectivity index (χ4n) is 0.908. The van der Waals surface area contributed by atoms with Crippen molar-refractivity contribution in [3.8, 4) is 0 Å². The maximum Gasteiger partial charge on any atom is 0.191 e. The monoisotopic (exact) mass is 261 g/mol. The molecule has 0 heterocycles. The van der Waals surface area contributed by atoms with Crippen LogP contribution in [0.4, 0.5) is 5.69 Å². The van der Waals surface area contributed by atoms with E-state index in [2.05, 4.69) is 15.8 Å². The van der Waals surface area contributed by atoms with Crippen LogP contribution in [0.2, 0.25) is 10.0 Å². The van der Waals surface area contributed by atoms with Crippen LogP contribution in [0.1, 0.15) is 6.92 Å². The van der Waals surface area contributed by atoms with Gasteiger partial charge in [0.25, 0.3) is 0 Å². The van der Waals surface area contributed by atoms with Gasteiger partial charge in [0, 0.05) is 21.9 Å². The van der Waals surface area contributed by atoms with Gasteiger partial charge in [-0.3, -0.25) is 5.43 Å². The van der Waals surface area contributed by atoms with Crippen LogP contribution in [0.15, 0.2) is 23.3 Å². The van der Waals surface area contributed by atoms with Gasteiger partial charge < -0.3 is 5.32 Å². The van der Waals surface area contributed by atoms with Crippen LogP contribution in [0.5, 0.6) is 0 Å². The summed E-state index contributed by atoms with van der Waals surface area (Å²) in [5.74, 6) is 0. The Morgan fingerprint density at radius 3 is 2.47 bits per heavy atom. The average molecular weight is 262 g/mol. The van der Waals surface area contributed by atoms with E-state index in [0.717, 1.165) is 5.69 Å². The fraction of sp³-hybridized carbons (Fsp3) is 0.111. The van der Waals surface area contributed by atoms with Crippen molar-refractivity contribution in [3.63, 3.8) is 0 Å². The normalized spacial score (nSPS) is 10.3. The van der Waals surface area contributed by atoms with Crippen LogP contribution in [0, 0.1) is 0 Å². The Bertz CT molecular complexity index is 373. The van der Waals surface area contributed by atoms with Gasteiger partial charge in [0.15, 0.2) is 5.11 Å². The third kappa shape index (κ3) is 4.46. The molecular weight excluding hydrogens is 253 g/mol. The lowest BCUT2D eigenvalue weighted by Crippen LogP contribution is -2.23. The molecule has 0 aromatic heterocycles. The lowest BCUT2D eigenvalue weighted by Gasteiger charge is -2.07. The van der Waals surface area contributed by atoms with E-state index >= 15 is 0 Å². The fourth-order valence-corrected chi connectivity index (χ4v) is 1.60. The summed E-state index contributed by atoms with van der Waals surface area (Å²) in [6.07, 6.45) is 1.60. The van der Waals surface area contributed by atoms with Crippen molar-refractivity contribution in [2.45, 2.75) is 6.92 Å². The summed E-state index contributed by atoms with van der Waals surface area (Å²) in [5, 5.41) is 8.14. The number of anilines is 1. The molecule has 2 N–H and O–H groups in total. The molecule has 0 aliphatic carbocycles. The van der Waals surface area contributed by atoms with E-state index in [0.29, 0.717) is 15.2 Å². The lowest BCUT2D eigenvalue weighted by atomic mass is 10.3. The second-order valence-corrected chi connectivity index (χ2v) is 3.89. The van der Waals surface area contributed by atoms with Gasteiger partial charge in [-0.2, -0.15) is 5.10 Å². The highest BCUT2D eigenvalue weighted by atomic mass is 35.5. The van der Waals surface area contributed by atoms with Crippen molar-refractivity contribution in [2.75, 3.05) is 5.32 Å². The zero-order valence-electron chi connectivity index (χ0n) is 7.92. The Kier molecular flexibility index (Phi) is 4.81. The smallest absolute Gasteiger partial charge is 0.191 e. The molecule has 15 heavy (non-hydrogen) atoms. The van der Waals surface area contributed by atoms with Gasteiger partial charge >= 0.3 is 0 Å². The Balaban J connectivity index is 2.68. The van der Waals surface area contributed by atoms with Crippen molar-refractivity contribution in [1.29, 1.82) is 0 Å². The van der Waals surface area contributed by atoms with Gasteiger partial charge in [0.05, 0.1) is 0 Å². The zero-order chi connectivity index (χ0) is 11.3. The molecule has 3 nitrogen and oxygen atoms in total. The predicted octanol–water partition coefficient (Wildman–Crippen LogP) is 3.29. The molecule has 0 radical (unpaired) electrons. The lowest BCUT2D eigenvalue weighted by molar-refractivity contribution is 1.05. The summed E-state index contributed by atoms with van der Waals surface area (Å²) in [6.45, 7) is 1.78. The highest BCUT2D eigenvalue weighted by Gasteiger charge is 1.99. The molecule has 0 atom stereocenters. The molecule has 1 rings (SSSR count). The molecule has 1 aromatic carbocycles. The summed E-state index contributed by atoms with van der Waals surface area (Å²) >= 11 is 16.6. The van der Waals surface area contributed by atoms with Crippen LogP contribution in [-0.2, 0) is 0 Å². The Morgan fingerprint density at radius 2 is 1.93 bits per heavy atom. The van der Waals surface area contributed by atoms with Crippen LogP contribution in [0.3, 0.4) is 0 Å². The molecule has 80 valence electrons. The first-order valence-corrected chi connectivity index (χ1v) is 5.29. The van der Waals surface area contributed by atoms with E-state index in [4.69, 9.17) is 35.4 Å². The second-order valence-electron chi connectivity index (χ2n) is 2.61. The van der Waals surface area contributed by atoms with E-state index in [1.54, 1.807) is 31.3 Å². The molecule has 0 spiro atoms. The van der Waals surface area contributed by atoms with E-state index < -0.39 is 0 Å². The molecular formula is C9H9Cl2N3S. The standard InChI is InChI=1S/C9H9Cl2N3S/c1-2-12-14-9(15)13-8-4-6(10)3-7(11)5-8/h2-5H,1H3,(H2,13,14,15)/b12-2+. The van der Waals surface area contributed by atoms with E-state index in [1.807, 2.05) is 0 Å². The van der Waals surface area contributed by atoms with Gasteiger partial charge in [-0.25, -0.2) is 0 Å². The number of hydrogen-bond donors (Lipinski definition) is 2. The Hall–Kier alpha value is -0.840. The van der Waals surface area contributed by atoms with Crippen LogP contribution >= 0.6 is 35.4 Å². The number of halogens is 2. The van der Waals surface area contributed by atoms with Crippen LogP contribution in [0.25, 0.3) is 0 Å². The summed E-state index contributed by atoms with van der Waals surface area (Å²) in [6, 6.07) is 5.09. The molecule has 0 bridgehead atoms. The minimum atomic E-state index is 0.381. The minimum Gasteiger partial charge on any atom is -0.331 e. The minimum absolute atomic E-state index is 0.381. The number of hydrogen-bond acceptors (Lipinski definition) is 2. The second kappa shape index (κ2) is 5.90. The maximum atomic E-state index is 5.82. The van der Waals surface area contributed by atoms with Gasteiger partial charge in [0.2, 0.25) is 0 Å². The summed E-state index contributed by atoms with van der Waals surface area (Å²) in [7, 11) is 0. The molecule has 0 aliphatic heterocycles. The number of nitrogens with zero attached hydrogens (tertiary/aromatic N) is 1. The van der Waals surface area contributed by atoms with Crippen molar-refractivity contribution < 1.29 is 0 Å². The largest absolute Gasteiger partial charge is 0.331 e. The van der Waals surface area contributed by atoms with Gasteiger partial charge in [-0.1, -0.05) is 23.2 Å². The zero-order valence-corrected chi connectivity index (χ0v) is 10.2. The Labute approximate surface area is 103 Å². The molecule has 0 fully saturated rings. The van der Waals surface area contributed by atoms with E-state index in [-0.39, 0.29) is 0 Å². The summed E-state index contributed by atoms with van der Waals surface area (Å²) in [4.78, 5) is 0. The van der Waals surface area contributed by atoms with Crippen LogP contribution in [-0.4, -0.2) is 11.3 Å².